The first-order valence-corrected chi connectivity index (χ1v) is 12.8. The van der Waals surface area contributed by atoms with Crippen molar-refractivity contribution in [1.82, 2.24) is 34.4 Å². The molecule has 4 aromatic heterocycles. The molecule has 188 valence electrons. The van der Waals surface area contributed by atoms with Gasteiger partial charge in [-0.25, -0.2) is 9.97 Å². The maximum Gasteiger partial charge on any atom is 0.257 e. The Balaban J connectivity index is 1.37. The van der Waals surface area contributed by atoms with E-state index in [9.17, 15) is 9.90 Å². The van der Waals surface area contributed by atoms with Gasteiger partial charge in [0.25, 0.3) is 5.91 Å². The van der Waals surface area contributed by atoms with E-state index in [2.05, 4.69) is 42.4 Å². The van der Waals surface area contributed by atoms with Crippen LogP contribution in [0.1, 0.15) is 42.5 Å². The van der Waals surface area contributed by atoms with Gasteiger partial charge in [0.15, 0.2) is 5.65 Å². The zero-order valence-electron chi connectivity index (χ0n) is 20.5. The SMILES string of the molecule is CNc1cc(-c2cn(CCN3CCCCC3)c3ncccc23)nc2c(C(=O)NC3CC[C@@H]3O)cnn12. The number of aromatic nitrogens is 5. The molecule has 1 unspecified atom stereocenters. The molecule has 0 aromatic carbocycles. The van der Waals surface area contributed by atoms with Gasteiger partial charge in [-0.05, 0) is 50.9 Å². The zero-order chi connectivity index (χ0) is 24.6. The monoisotopic (exact) mass is 488 g/mol. The Kier molecular flexibility index (Phi) is 6.06. The normalized spacial score (nSPS) is 20.5. The van der Waals surface area contributed by atoms with Gasteiger partial charge in [-0.2, -0.15) is 9.61 Å². The third kappa shape index (κ3) is 4.10. The molecule has 1 aliphatic heterocycles. The smallest absolute Gasteiger partial charge is 0.257 e. The lowest BCUT2D eigenvalue weighted by Gasteiger charge is -2.32. The van der Waals surface area contributed by atoms with E-state index in [0.717, 1.165) is 60.7 Å². The molecule has 10 heteroatoms. The number of nitrogens with one attached hydrogen (secondary N) is 2. The number of hydrogen-bond acceptors (Lipinski definition) is 7. The van der Waals surface area contributed by atoms with Crippen molar-refractivity contribution in [2.75, 3.05) is 32.0 Å². The average Bonchev–Trinajstić information content (AvgIpc) is 3.51. The Morgan fingerprint density at radius 1 is 1.17 bits per heavy atom. The van der Waals surface area contributed by atoms with Crippen molar-refractivity contribution in [2.45, 2.75) is 50.8 Å². The van der Waals surface area contributed by atoms with Crippen molar-refractivity contribution >= 4 is 28.4 Å². The Labute approximate surface area is 209 Å². The van der Waals surface area contributed by atoms with Gasteiger partial charge in [-0.1, -0.05) is 6.42 Å². The van der Waals surface area contributed by atoms with Crippen LogP contribution in [0.25, 0.3) is 27.9 Å². The van der Waals surface area contributed by atoms with Crippen LogP contribution in [0.3, 0.4) is 0 Å². The van der Waals surface area contributed by atoms with E-state index in [0.29, 0.717) is 17.6 Å². The van der Waals surface area contributed by atoms with Crippen molar-refractivity contribution < 1.29 is 9.90 Å². The van der Waals surface area contributed by atoms with Crippen LogP contribution >= 0.6 is 0 Å². The minimum atomic E-state index is -0.490. The lowest BCUT2D eigenvalue weighted by molar-refractivity contribution is 0.0448. The van der Waals surface area contributed by atoms with Crippen molar-refractivity contribution in [3.05, 3.63) is 42.4 Å². The second-order valence-corrected chi connectivity index (χ2v) is 9.81. The Bertz CT molecular complexity index is 1400. The third-order valence-corrected chi connectivity index (χ3v) is 7.54. The molecule has 4 aromatic rings. The summed E-state index contributed by atoms with van der Waals surface area (Å²) in [7, 11) is 1.83. The highest BCUT2D eigenvalue weighted by Crippen LogP contribution is 2.31. The predicted octanol–water partition coefficient (Wildman–Crippen LogP) is 2.53. The number of aliphatic hydroxyl groups excluding tert-OH is 1. The molecule has 0 bridgehead atoms. The predicted molar refractivity (Wildman–Crippen MR) is 138 cm³/mol. The highest BCUT2D eigenvalue weighted by atomic mass is 16.3. The summed E-state index contributed by atoms with van der Waals surface area (Å²) in [5.74, 6) is 0.460. The molecule has 10 nitrogen and oxygen atoms in total. The average molecular weight is 489 g/mol. The second kappa shape index (κ2) is 9.51. The minimum Gasteiger partial charge on any atom is -0.391 e. The number of amides is 1. The Hall–Kier alpha value is -3.50. The number of likely N-dealkylation sites (tertiary alicyclic amines) is 1. The fourth-order valence-corrected chi connectivity index (χ4v) is 5.27. The zero-order valence-corrected chi connectivity index (χ0v) is 20.5. The van der Waals surface area contributed by atoms with Gasteiger partial charge < -0.3 is 25.2 Å². The summed E-state index contributed by atoms with van der Waals surface area (Å²) in [5, 5.41) is 21.4. The molecule has 1 aliphatic carbocycles. The molecule has 3 N–H and O–H groups in total. The van der Waals surface area contributed by atoms with Crippen LogP contribution in [0.5, 0.6) is 0 Å². The van der Waals surface area contributed by atoms with Gasteiger partial charge >= 0.3 is 0 Å². The van der Waals surface area contributed by atoms with E-state index in [4.69, 9.17) is 4.98 Å². The molecule has 1 amide bonds. The summed E-state index contributed by atoms with van der Waals surface area (Å²) in [6, 6.07) is 5.75. The summed E-state index contributed by atoms with van der Waals surface area (Å²) in [6.07, 6.45) is 10.4. The molecular weight excluding hydrogens is 456 g/mol. The molecule has 2 aliphatic rings. The van der Waals surface area contributed by atoms with Gasteiger partial charge in [0.2, 0.25) is 0 Å². The number of pyridine rings is 1. The molecular formula is C26H32N8O2. The van der Waals surface area contributed by atoms with Crippen molar-refractivity contribution in [2.24, 2.45) is 0 Å². The van der Waals surface area contributed by atoms with E-state index in [-0.39, 0.29) is 11.9 Å². The molecule has 1 saturated heterocycles. The van der Waals surface area contributed by atoms with Crippen LogP contribution in [-0.2, 0) is 6.54 Å². The van der Waals surface area contributed by atoms with Crippen molar-refractivity contribution in [3.63, 3.8) is 0 Å². The van der Waals surface area contributed by atoms with Crippen LogP contribution in [0.15, 0.2) is 36.8 Å². The molecule has 2 fully saturated rings. The molecule has 0 spiro atoms. The van der Waals surface area contributed by atoms with Crippen LogP contribution in [0, 0.1) is 0 Å². The van der Waals surface area contributed by atoms with E-state index >= 15 is 0 Å². The topological polar surface area (TPSA) is 113 Å². The third-order valence-electron chi connectivity index (χ3n) is 7.54. The fraction of sp³-hybridized carbons (Fsp3) is 0.462. The minimum absolute atomic E-state index is 0.219. The van der Waals surface area contributed by atoms with Gasteiger partial charge in [0.1, 0.15) is 17.0 Å². The maximum absolute atomic E-state index is 13.0. The number of fused-ring (bicyclic) bond motifs is 2. The van der Waals surface area contributed by atoms with Crippen LogP contribution in [-0.4, -0.2) is 78.9 Å². The number of carbonyl (C=O) groups excluding carboxylic acids is 1. The van der Waals surface area contributed by atoms with Crippen molar-refractivity contribution in [3.8, 4) is 11.3 Å². The van der Waals surface area contributed by atoms with Crippen LogP contribution < -0.4 is 10.6 Å². The number of hydrogen-bond donors (Lipinski definition) is 3. The van der Waals surface area contributed by atoms with Gasteiger partial charge in [-0.15, -0.1) is 0 Å². The van der Waals surface area contributed by atoms with Gasteiger partial charge in [-0.3, -0.25) is 4.79 Å². The maximum atomic E-state index is 13.0. The molecule has 0 radical (unpaired) electrons. The highest BCUT2D eigenvalue weighted by molar-refractivity contribution is 6.01. The van der Waals surface area contributed by atoms with Gasteiger partial charge in [0.05, 0.1) is 24.0 Å². The summed E-state index contributed by atoms with van der Waals surface area (Å²) in [5.41, 5.74) is 3.51. The number of aliphatic hydroxyl groups is 1. The summed E-state index contributed by atoms with van der Waals surface area (Å²) < 4.78 is 3.86. The highest BCUT2D eigenvalue weighted by Gasteiger charge is 2.31. The Morgan fingerprint density at radius 2 is 2.03 bits per heavy atom. The number of piperidine rings is 1. The largest absolute Gasteiger partial charge is 0.391 e. The number of rotatable bonds is 7. The van der Waals surface area contributed by atoms with Crippen LogP contribution in [0.2, 0.25) is 0 Å². The van der Waals surface area contributed by atoms with Crippen molar-refractivity contribution in [1.29, 1.82) is 0 Å². The number of nitrogens with zero attached hydrogens (tertiary/aromatic N) is 6. The number of anilines is 1. The van der Waals surface area contributed by atoms with E-state index in [1.165, 1.54) is 25.5 Å². The lowest BCUT2D eigenvalue weighted by Crippen LogP contribution is -2.50. The summed E-state index contributed by atoms with van der Waals surface area (Å²) in [6.45, 7) is 4.17. The molecule has 1 saturated carbocycles. The second-order valence-electron chi connectivity index (χ2n) is 9.81. The van der Waals surface area contributed by atoms with E-state index in [1.807, 2.05) is 25.4 Å². The standard InChI is InChI=1S/C26H32N8O2/c1-27-23-14-21(30-25-18(15-29-34(23)25)26(36)31-20-7-8-22(20)35)19-16-33(24-17(19)6-5-9-28-24)13-12-32-10-3-2-4-11-32/h5-6,9,14-16,20,22,27,35H,2-4,7-8,10-13H2,1H3,(H,31,36)/t20?,22-/m0/s1. The van der Waals surface area contributed by atoms with E-state index in [1.54, 1.807) is 4.52 Å². The number of carbonyl (C=O) groups is 1. The van der Waals surface area contributed by atoms with Crippen LogP contribution in [0.4, 0.5) is 5.82 Å². The summed E-state index contributed by atoms with van der Waals surface area (Å²) >= 11 is 0. The lowest BCUT2D eigenvalue weighted by atomic mass is 9.89. The van der Waals surface area contributed by atoms with Gasteiger partial charge in [0, 0.05) is 49.5 Å². The summed E-state index contributed by atoms with van der Waals surface area (Å²) in [4.78, 5) is 25.1. The first-order valence-electron chi connectivity index (χ1n) is 12.8. The Morgan fingerprint density at radius 3 is 2.78 bits per heavy atom. The molecule has 5 heterocycles. The first-order chi connectivity index (χ1) is 17.6. The molecule has 6 rings (SSSR count). The van der Waals surface area contributed by atoms with E-state index < -0.39 is 6.10 Å². The first kappa shape index (κ1) is 22.9. The quantitative estimate of drug-likeness (QED) is 0.366. The molecule has 36 heavy (non-hydrogen) atoms. The fourth-order valence-electron chi connectivity index (χ4n) is 5.27. The molecule has 2 atom stereocenters.